The van der Waals surface area contributed by atoms with E-state index in [0.717, 1.165) is 21.3 Å². The van der Waals surface area contributed by atoms with Crippen molar-refractivity contribution in [2.75, 3.05) is 6.61 Å². The van der Waals surface area contributed by atoms with Gasteiger partial charge in [0.2, 0.25) is 5.91 Å². The Labute approximate surface area is 142 Å². The number of rotatable bonds is 5. The number of ether oxygens (including phenoxy) is 1. The summed E-state index contributed by atoms with van der Waals surface area (Å²) in [7, 11) is 0. The van der Waals surface area contributed by atoms with Crippen molar-refractivity contribution in [1.82, 2.24) is 15.8 Å². The summed E-state index contributed by atoms with van der Waals surface area (Å²) in [5.74, 6) is -0.0109. The van der Waals surface area contributed by atoms with Crippen molar-refractivity contribution in [2.24, 2.45) is 0 Å². The number of hydrogen-bond donors (Lipinski definition) is 3. The maximum absolute atomic E-state index is 11.7. The van der Waals surface area contributed by atoms with Crippen LogP contribution in [0.5, 0.6) is 5.75 Å². The molecule has 2 rings (SSSR count). The quantitative estimate of drug-likeness (QED) is 0.698. The van der Waals surface area contributed by atoms with Gasteiger partial charge in [-0.15, -0.1) is 0 Å². The van der Waals surface area contributed by atoms with Gasteiger partial charge in [-0.25, -0.2) is 0 Å². The number of halogens is 1. The highest BCUT2D eigenvalue weighted by molar-refractivity contribution is 9.10. The highest BCUT2D eigenvalue weighted by Gasteiger charge is 2.09. The van der Waals surface area contributed by atoms with Crippen molar-refractivity contribution < 1.29 is 14.3 Å². The normalized spacial score (nSPS) is 10.2. The van der Waals surface area contributed by atoms with Crippen molar-refractivity contribution in [3.05, 3.63) is 51.8 Å². The third kappa shape index (κ3) is 5.45. The van der Waals surface area contributed by atoms with Crippen molar-refractivity contribution in [3.8, 4) is 5.75 Å². The van der Waals surface area contributed by atoms with E-state index < -0.39 is 5.91 Å². The van der Waals surface area contributed by atoms with Crippen LogP contribution in [0.4, 0.5) is 0 Å². The third-order valence-electron chi connectivity index (χ3n) is 3.00. The van der Waals surface area contributed by atoms with Crippen LogP contribution in [0.2, 0.25) is 0 Å². The Bertz CT molecular complexity index is 692. The van der Waals surface area contributed by atoms with E-state index in [1.54, 1.807) is 12.3 Å². The number of nitrogens with one attached hydrogen (secondary N) is 3. The lowest BCUT2D eigenvalue weighted by Crippen LogP contribution is -2.42. The summed E-state index contributed by atoms with van der Waals surface area (Å²) in [5, 5.41) is 0. The van der Waals surface area contributed by atoms with Crippen molar-refractivity contribution in [1.29, 1.82) is 0 Å². The van der Waals surface area contributed by atoms with E-state index in [2.05, 4.69) is 31.8 Å². The number of benzene rings is 1. The lowest BCUT2D eigenvalue weighted by Gasteiger charge is -2.09. The Kier molecular flexibility index (Phi) is 5.81. The van der Waals surface area contributed by atoms with Gasteiger partial charge in [0.1, 0.15) is 11.4 Å². The second kappa shape index (κ2) is 7.82. The Morgan fingerprint density at radius 1 is 1.13 bits per heavy atom. The predicted octanol–water partition coefficient (Wildman–Crippen LogP) is 2.62. The zero-order valence-electron chi connectivity index (χ0n) is 12.9. The van der Waals surface area contributed by atoms with Gasteiger partial charge in [0.25, 0.3) is 5.91 Å². The summed E-state index contributed by atoms with van der Waals surface area (Å²) < 4.78 is 6.31. The zero-order chi connectivity index (χ0) is 16.8. The number of aromatic nitrogens is 1. The average Bonchev–Trinajstić information content (AvgIpc) is 2.90. The molecule has 2 aromatic rings. The maximum atomic E-state index is 11.7. The molecule has 7 heteroatoms. The van der Waals surface area contributed by atoms with Gasteiger partial charge in [0.15, 0.2) is 0 Å². The molecular weight excluding hydrogens is 362 g/mol. The molecule has 0 fully saturated rings. The van der Waals surface area contributed by atoms with Gasteiger partial charge in [-0.1, -0.05) is 6.07 Å². The van der Waals surface area contributed by atoms with Gasteiger partial charge < -0.3 is 9.72 Å². The van der Waals surface area contributed by atoms with E-state index in [-0.39, 0.29) is 18.9 Å². The summed E-state index contributed by atoms with van der Waals surface area (Å²) >= 11 is 3.23. The number of amides is 2. The van der Waals surface area contributed by atoms with Crippen LogP contribution in [0.3, 0.4) is 0 Å². The lowest BCUT2D eigenvalue weighted by atomic mass is 10.1. The first kappa shape index (κ1) is 17.1. The molecule has 3 N–H and O–H groups in total. The smallest absolute Gasteiger partial charge is 0.286 e. The largest absolute Gasteiger partial charge is 0.493 e. The molecule has 0 aliphatic carbocycles. The van der Waals surface area contributed by atoms with Crippen LogP contribution in [0, 0.1) is 13.8 Å². The van der Waals surface area contributed by atoms with Crippen LogP contribution in [-0.2, 0) is 4.79 Å². The minimum Gasteiger partial charge on any atom is -0.493 e. The minimum atomic E-state index is -0.417. The van der Waals surface area contributed by atoms with Crippen molar-refractivity contribution >= 4 is 27.7 Å². The first-order valence-electron chi connectivity index (χ1n) is 7.08. The van der Waals surface area contributed by atoms with Gasteiger partial charge in [0.05, 0.1) is 13.0 Å². The Morgan fingerprint density at radius 3 is 2.43 bits per heavy atom. The van der Waals surface area contributed by atoms with E-state index in [9.17, 15) is 9.59 Å². The molecule has 0 aliphatic rings. The topological polar surface area (TPSA) is 83.2 Å². The van der Waals surface area contributed by atoms with Crippen molar-refractivity contribution in [3.63, 3.8) is 0 Å². The van der Waals surface area contributed by atoms with Crippen LogP contribution < -0.4 is 15.6 Å². The molecule has 0 aliphatic heterocycles. The van der Waals surface area contributed by atoms with Gasteiger partial charge in [-0.05, 0) is 59.1 Å². The number of carbonyl (C=O) groups is 2. The molecule has 0 bridgehead atoms. The van der Waals surface area contributed by atoms with Crippen LogP contribution >= 0.6 is 15.9 Å². The molecule has 122 valence electrons. The highest BCUT2D eigenvalue weighted by atomic mass is 79.9. The molecule has 0 spiro atoms. The summed E-state index contributed by atoms with van der Waals surface area (Å²) in [4.78, 5) is 26.2. The monoisotopic (exact) mass is 379 g/mol. The standard InChI is InChI=1S/C16H18BrN3O3/c1-10-5-11(2)7-13(6-10)23-4-3-15(21)19-20-16(22)14-8-12(17)9-18-14/h5-9,18H,3-4H2,1-2H3,(H,19,21)(H,20,22). The van der Waals surface area contributed by atoms with E-state index in [1.807, 2.05) is 32.0 Å². The Balaban J connectivity index is 1.72. The first-order chi connectivity index (χ1) is 10.9. The average molecular weight is 380 g/mol. The highest BCUT2D eigenvalue weighted by Crippen LogP contribution is 2.16. The third-order valence-corrected chi connectivity index (χ3v) is 3.46. The number of H-pyrrole nitrogens is 1. The van der Waals surface area contributed by atoms with Crippen LogP contribution in [0.15, 0.2) is 34.9 Å². The van der Waals surface area contributed by atoms with E-state index >= 15 is 0 Å². The SMILES string of the molecule is Cc1cc(C)cc(OCCC(=O)NNC(=O)c2cc(Br)c[nH]2)c1. The Morgan fingerprint density at radius 2 is 1.83 bits per heavy atom. The first-order valence-corrected chi connectivity index (χ1v) is 7.87. The van der Waals surface area contributed by atoms with Gasteiger partial charge in [-0.3, -0.25) is 20.4 Å². The van der Waals surface area contributed by atoms with Crippen molar-refractivity contribution in [2.45, 2.75) is 20.3 Å². The van der Waals surface area contributed by atoms with E-state index in [1.165, 1.54) is 0 Å². The van der Waals surface area contributed by atoms with Crippen LogP contribution in [-0.4, -0.2) is 23.4 Å². The molecule has 2 amide bonds. The van der Waals surface area contributed by atoms with Gasteiger partial charge in [-0.2, -0.15) is 0 Å². The molecule has 0 radical (unpaired) electrons. The van der Waals surface area contributed by atoms with Crippen LogP contribution in [0.1, 0.15) is 28.0 Å². The van der Waals surface area contributed by atoms with Gasteiger partial charge in [0, 0.05) is 10.7 Å². The second-order valence-corrected chi connectivity index (χ2v) is 6.07. The fourth-order valence-corrected chi connectivity index (χ4v) is 2.38. The molecule has 6 nitrogen and oxygen atoms in total. The van der Waals surface area contributed by atoms with Gasteiger partial charge >= 0.3 is 0 Å². The molecule has 1 heterocycles. The molecule has 1 aromatic carbocycles. The second-order valence-electron chi connectivity index (χ2n) is 5.16. The predicted molar refractivity (Wildman–Crippen MR) is 90.1 cm³/mol. The summed E-state index contributed by atoms with van der Waals surface area (Å²) in [6.45, 7) is 4.21. The number of aryl methyl sites for hydroxylation is 2. The maximum Gasteiger partial charge on any atom is 0.286 e. The zero-order valence-corrected chi connectivity index (χ0v) is 14.5. The fourth-order valence-electron chi connectivity index (χ4n) is 2.03. The van der Waals surface area contributed by atoms with E-state index in [0.29, 0.717) is 5.69 Å². The molecule has 0 atom stereocenters. The van der Waals surface area contributed by atoms with Crippen LogP contribution in [0.25, 0.3) is 0 Å². The number of hydrazine groups is 1. The molecule has 0 saturated heterocycles. The summed E-state index contributed by atoms with van der Waals surface area (Å²) in [6, 6.07) is 7.49. The summed E-state index contributed by atoms with van der Waals surface area (Å²) in [6.07, 6.45) is 1.77. The summed E-state index contributed by atoms with van der Waals surface area (Å²) in [5.41, 5.74) is 7.24. The minimum absolute atomic E-state index is 0.141. The molecule has 23 heavy (non-hydrogen) atoms. The number of carbonyl (C=O) groups excluding carboxylic acids is 2. The number of hydrogen-bond acceptors (Lipinski definition) is 3. The molecule has 0 saturated carbocycles. The number of aromatic amines is 1. The molecular formula is C16H18BrN3O3. The Hall–Kier alpha value is -2.28. The molecule has 1 aromatic heterocycles. The fraction of sp³-hybridized carbons (Fsp3) is 0.250. The lowest BCUT2D eigenvalue weighted by molar-refractivity contribution is -0.122. The van der Waals surface area contributed by atoms with E-state index in [4.69, 9.17) is 4.74 Å². The molecule has 0 unspecified atom stereocenters.